The van der Waals surface area contributed by atoms with Crippen LogP contribution in [0.4, 0.5) is 0 Å². The zero-order chi connectivity index (χ0) is 40.2. The number of hydrogen-bond acceptors (Lipinski definition) is 0. The molecule has 0 saturated heterocycles. The van der Waals surface area contributed by atoms with Gasteiger partial charge in [-0.2, -0.15) is 0 Å². The molecule has 0 aliphatic rings. The molecule has 0 bridgehead atoms. The van der Waals surface area contributed by atoms with Crippen molar-refractivity contribution in [1.82, 2.24) is 4.57 Å². The van der Waals surface area contributed by atoms with E-state index >= 15 is 0 Å². The van der Waals surface area contributed by atoms with Gasteiger partial charge in [0, 0.05) is 16.5 Å². The number of benzene rings is 8. The number of aryl methyl sites for hydroxylation is 5. The molecule has 286 valence electrons. The van der Waals surface area contributed by atoms with Crippen molar-refractivity contribution in [2.24, 2.45) is 5.92 Å². The molecule has 0 aliphatic carbocycles. The van der Waals surface area contributed by atoms with E-state index in [0.29, 0.717) is 5.92 Å². The normalized spacial score (nSPS) is 11.7. The van der Waals surface area contributed by atoms with E-state index in [9.17, 15) is 0 Å². The molecule has 1 heterocycles. The summed E-state index contributed by atoms with van der Waals surface area (Å²) in [5.74, 6) is 0.500. The van der Waals surface area contributed by atoms with Gasteiger partial charge in [-0.15, -0.1) is 0 Å². The molecule has 8 aromatic carbocycles. The Kier molecular flexibility index (Phi) is 11.2. The second-order valence-electron chi connectivity index (χ2n) is 16.2. The van der Waals surface area contributed by atoms with Gasteiger partial charge in [0.25, 0.3) is 0 Å². The van der Waals surface area contributed by atoms with Crippen LogP contribution in [-0.2, 0) is 12.8 Å². The van der Waals surface area contributed by atoms with Crippen LogP contribution >= 0.6 is 0 Å². The fourth-order valence-corrected chi connectivity index (χ4v) is 8.47. The summed E-state index contributed by atoms with van der Waals surface area (Å²) in [6, 6.07) is 66.4. The summed E-state index contributed by atoms with van der Waals surface area (Å²) in [5, 5.41) is 2.58. The predicted molar refractivity (Wildman–Crippen MR) is 250 cm³/mol. The molecule has 0 amide bonds. The Balaban J connectivity index is 0.000000608. The lowest BCUT2D eigenvalue weighted by Gasteiger charge is -2.18. The molecule has 1 unspecified atom stereocenters. The highest BCUT2D eigenvalue weighted by Gasteiger charge is 2.16. The molecule has 1 nitrogen and oxygen atoms in total. The van der Waals surface area contributed by atoms with E-state index in [1.165, 1.54) is 99.8 Å². The molecule has 0 radical (unpaired) electrons. The summed E-state index contributed by atoms with van der Waals surface area (Å²) in [5.41, 5.74) is 21.0. The van der Waals surface area contributed by atoms with E-state index in [1.54, 1.807) is 0 Å². The van der Waals surface area contributed by atoms with Crippen LogP contribution in [0, 0.1) is 40.5 Å². The quantitative estimate of drug-likeness (QED) is 0.146. The van der Waals surface area contributed by atoms with E-state index in [1.807, 2.05) is 18.2 Å². The molecular formula is C57H53N. The van der Waals surface area contributed by atoms with Crippen LogP contribution in [0.1, 0.15) is 45.9 Å². The highest BCUT2D eigenvalue weighted by Crippen LogP contribution is 2.36. The number of hydrogen-bond donors (Lipinski definition) is 0. The molecule has 1 aromatic heterocycles. The third-order valence-corrected chi connectivity index (χ3v) is 11.8. The van der Waals surface area contributed by atoms with Gasteiger partial charge in [0.15, 0.2) is 0 Å². The van der Waals surface area contributed by atoms with Gasteiger partial charge < -0.3 is 4.57 Å². The van der Waals surface area contributed by atoms with Crippen LogP contribution in [0.2, 0.25) is 0 Å². The van der Waals surface area contributed by atoms with Crippen LogP contribution in [-0.4, -0.2) is 4.57 Å². The summed E-state index contributed by atoms with van der Waals surface area (Å²) in [4.78, 5) is 0. The molecule has 0 saturated carbocycles. The van der Waals surface area contributed by atoms with Crippen LogP contribution in [0.25, 0.3) is 60.9 Å². The fraction of sp³-hybridized carbons (Fsp3) is 0.158. The Labute approximate surface area is 345 Å². The maximum absolute atomic E-state index is 2.44. The lowest BCUT2D eigenvalue weighted by Crippen LogP contribution is -2.07. The minimum absolute atomic E-state index is 0.500. The van der Waals surface area contributed by atoms with E-state index in [0.717, 1.165) is 12.8 Å². The zero-order valence-electron chi connectivity index (χ0n) is 34.8. The molecule has 1 heteroatoms. The van der Waals surface area contributed by atoms with Gasteiger partial charge in [-0.3, -0.25) is 0 Å². The average Bonchev–Trinajstić information content (AvgIpc) is 3.57. The number of para-hydroxylation sites is 2. The van der Waals surface area contributed by atoms with Gasteiger partial charge in [-0.25, -0.2) is 0 Å². The van der Waals surface area contributed by atoms with E-state index in [2.05, 4.69) is 210 Å². The van der Waals surface area contributed by atoms with Gasteiger partial charge in [0.05, 0.1) is 11.0 Å². The number of nitrogens with zero attached hydrogens (tertiary/aromatic N) is 1. The molecular weight excluding hydrogens is 699 g/mol. The smallest absolute Gasteiger partial charge is 0.0541 e. The summed E-state index contributed by atoms with van der Waals surface area (Å²) in [7, 11) is 0. The first-order chi connectivity index (χ1) is 28.2. The van der Waals surface area contributed by atoms with Crippen molar-refractivity contribution in [3.8, 4) is 39.1 Å². The van der Waals surface area contributed by atoms with E-state index in [-0.39, 0.29) is 0 Å². The molecule has 9 aromatic rings. The predicted octanol–water partition coefficient (Wildman–Crippen LogP) is 15.4. The maximum atomic E-state index is 2.44. The molecule has 1 atom stereocenters. The number of fused-ring (bicyclic) bond motifs is 3. The van der Waals surface area contributed by atoms with Gasteiger partial charge in [0.1, 0.15) is 0 Å². The SMILES string of the molecule is Cc1ccc(-c2ccc(C)c(-c3ccccc3C)c2)cc1CC(C)Cc1cc(-c2ccc3c(c2)c2ccccc2n3-c2ccccc2)ccc1C.Cc1ccccc1. The standard InChI is InChI=1S/C50H45N.C7H8/c1-33(27-42-29-38(22-19-34(42)2)40-24-21-37(5)47(31-40)45-16-10-9-13-36(45)4)28-43-30-39(23-20-35(43)3)41-25-26-50-48(32-41)46-17-11-12-18-49(46)51(50)44-14-7-6-8-15-44;1-7-5-3-2-4-6-7/h6-26,29-33H,27-28H2,1-5H3;2-6H,1H3. The fourth-order valence-electron chi connectivity index (χ4n) is 8.47. The first-order valence-electron chi connectivity index (χ1n) is 20.7. The summed E-state index contributed by atoms with van der Waals surface area (Å²) in [6.45, 7) is 13.4. The monoisotopic (exact) mass is 751 g/mol. The van der Waals surface area contributed by atoms with Crippen LogP contribution in [0.5, 0.6) is 0 Å². The Morgan fingerprint density at radius 1 is 0.379 bits per heavy atom. The third-order valence-electron chi connectivity index (χ3n) is 11.8. The highest BCUT2D eigenvalue weighted by molar-refractivity contribution is 6.10. The minimum Gasteiger partial charge on any atom is -0.309 e. The zero-order valence-corrected chi connectivity index (χ0v) is 34.8. The van der Waals surface area contributed by atoms with Crippen molar-refractivity contribution in [1.29, 1.82) is 0 Å². The van der Waals surface area contributed by atoms with Gasteiger partial charge in [0.2, 0.25) is 0 Å². The van der Waals surface area contributed by atoms with Gasteiger partial charge in [-0.05, 0) is 157 Å². The third kappa shape index (κ3) is 8.18. The second kappa shape index (κ2) is 17.0. The van der Waals surface area contributed by atoms with Crippen molar-refractivity contribution in [2.75, 3.05) is 0 Å². The van der Waals surface area contributed by atoms with Crippen molar-refractivity contribution in [3.63, 3.8) is 0 Å². The molecule has 0 aliphatic heterocycles. The Hall–Kier alpha value is -6.44. The summed E-state index contributed by atoms with van der Waals surface area (Å²) >= 11 is 0. The molecule has 0 fully saturated rings. The Morgan fingerprint density at radius 2 is 0.862 bits per heavy atom. The molecule has 0 spiro atoms. The maximum Gasteiger partial charge on any atom is 0.0541 e. The molecule has 9 rings (SSSR count). The van der Waals surface area contributed by atoms with Gasteiger partial charge >= 0.3 is 0 Å². The van der Waals surface area contributed by atoms with Gasteiger partial charge in [-0.1, -0.05) is 158 Å². The van der Waals surface area contributed by atoms with Crippen molar-refractivity contribution < 1.29 is 0 Å². The first kappa shape index (κ1) is 38.4. The minimum atomic E-state index is 0.500. The van der Waals surface area contributed by atoms with E-state index in [4.69, 9.17) is 0 Å². The summed E-state index contributed by atoms with van der Waals surface area (Å²) < 4.78 is 2.38. The average molecular weight is 752 g/mol. The summed E-state index contributed by atoms with van der Waals surface area (Å²) in [6.07, 6.45) is 2.09. The van der Waals surface area contributed by atoms with Crippen molar-refractivity contribution in [3.05, 3.63) is 221 Å². The van der Waals surface area contributed by atoms with Crippen molar-refractivity contribution >= 4 is 21.8 Å². The van der Waals surface area contributed by atoms with Crippen LogP contribution in [0.15, 0.2) is 182 Å². The molecule has 0 N–H and O–H groups in total. The second-order valence-corrected chi connectivity index (χ2v) is 16.2. The molecule has 58 heavy (non-hydrogen) atoms. The van der Waals surface area contributed by atoms with E-state index < -0.39 is 0 Å². The highest BCUT2D eigenvalue weighted by atomic mass is 15.0. The van der Waals surface area contributed by atoms with Crippen LogP contribution < -0.4 is 0 Å². The Morgan fingerprint density at radius 3 is 1.48 bits per heavy atom. The number of aromatic nitrogens is 1. The lowest BCUT2D eigenvalue weighted by molar-refractivity contribution is 0.574. The Bertz CT molecular complexity index is 2840. The first-order valence-corrected chi connectivity index (χ1v) is 20.7. The lowest BCUT2D eigenvalue weighted by atomic mass is 9.87. The topological polar surface area (TPSA) is 4.93 Å². The number of rotatable bonds is 8. The largest absolute Gasteiger partial charge is 0.309 e. The van der Waals surface area contributed by atoms with Crippen LogP contribution in [0.3, 0.4) is 0 Å². The van der Waals surface area contributed by atoms with Crippen molar-refractivity contribution in [2.45, 2.75) is 54.4 Å².